The minimum Gasteiger partial charge on any atom is -0.504 e. The molecule has 178 valence electrons. The van der Waals surface area contributed by atoms with Crippen molar-refractivity contribution < 1.29 is 19.1 Å². The fourth-order valence-corrected chi connectivity index (χ4v) is 4.35. The third-order valence-electron chi connectivity index (χ3n) is 4.97. The number of amides is 1. The lowest BCUT2D eigenvalue weighted by Crippen LogP contribution is -2.28. The van der Waals surface area contributed by atoms with Gasteiger partial charge in [0, 0.05) is 0 Å². The van der Waals surface area contributed by atoms with Crippen molar-refractivity contribution in [2.24, 2.45) is 10.2 Å². The third-order valence-corrected chi connectivity index (χ3v) is 5.97. The van der Waals surface area contributed by atoms with Crippen LogP contribution in [-0.2, 0) is 11.3 Å². The molecular formula is C27H25N3O4S. The number of allylic oxidation sites excluding steroid dienone is 2. The predicted molar refractivity (Wildman–Crippen MR) is 139 cm³/mol. The maximum absolute atomic E-state index is 13.2. The van der Waals surface area contributed by atoms with Gasteiger partial charge in [-0.05, 0) is 78.7 Å². The molecule has 1 aromatic heterocycles. The number of furan rings is 1. The van der Waals surface area contributed by atoms with Crippen molar-refractivity contribution in [1.29, 1.82) is 0 Å². The van der Waals surface area contributed by atoms with Gasteiger partial charge in [-0.1, -0.05) is 36.4 Å². The second-order valence-corrected chi connectivity index (χ2v) is 8.68. The first-order chi connectivity index (χ1) is 17.0. The van der Waals surface area contributed by atoms with E-state index in [2.05, 4.69) is 10.2 Å². The molecule has 0 aliphatic carbocycles. The Bertz CT molecular complexity index is 1300. The second kappa shape index (κ2) is 11.4. The van der Waals surface area contributed by atoms with Crippen LogP contribution in [0.25, 0.3) is 6.08 Å². The lowest BCUT2D eigenvalue weighted by molar-refractivity contribution is -0.122. The number of carbonyl (C=O) groups is 1. The summed E-state index contributed by atoms with van der Waals surface area (Å²) in [5.74, 6) is 0.920. The van der Waals surface area contributed by atoms with Crippen LogP contribution in [-0.4, -0.2) is 33.9 Å². The molecule has 7 nitrogen and oxygen atoms in total. The fraction of sp³-hybridized carbons (Fsp3) is 0.148. The number of phenols is 1. The van der Waals surface area contributed by atoms with Crippen LogP contribution in [0.4, 0.5) is 0 Å². The largest absolute Gasteiger partial charge is 0.504 e. The minimum atomic E-state index is -0.163. The molecule has 4 rings (SSSR count). The number of thioether (sulfide) groups is 1. The average molecular weight is 488 g/mol. The topological polar surface area (TPSA) is 87.6 Å². The molecule has 35 heavy (non-hydrogen) atoms. The summed E-state index contributed by atoms with van der Waals surface area (Å²) < 4.78 is 10.9. The monoisotopic (exact) mass is 487 g/mol. The molecule has 2 heterocycles. The van der Waals surface area contributed by atoms with E-state index in [0.717, 1.165) is 11.1 Å². The molecule has 0 atom stereocenters. The zero-order valence-electron chi connectivity index (χ0n) is 19.4. The van der Waals surface area contributed by atoms with Gasteiger partial charge in [0.25, 0.3) is 5.91 Å². The van der Waals surface area contributed by atoms with Gasteiger partial charge in [0.2, 0.25) is 0 Å². The molecule has 0 unspecified atom stereocenters. The Hall–Kier alpha value is -4.04. The van der Waals surface area contributed by atoms with Crippen LogP contribution in [0.1, 0.15) is 30.7 Å². The number of rotatable bonds is 8. The van der Waals surface area contributed by atoms with E-state index in [1.54, 1.807) is 41.6 Å². The Kier molecular flexibility index (Phi) is 7.84. The summed E-state index contributed by atoms with van der Waals surface area (Å²) in [4.78, 5) is 15.3. The van der Waals surface area contributed by atoms with Gasteiger partial charge in [0.1, 0.15) is 5.76 Å². The van der Waals surface area contributed by atoms with Crippen molar-refractivity contribution in [2.45, 2.75) is 20.4 Å². The summed E-state index contributed by atoms with van der Waals surface area (Å²) in [6, 6.07) is 18.5. The quantitative estimate of drug-likeness (QED) is 0.245. The van der Waals surface area contributed by atoms with Crippen LogP contribution in [0.5, 0.6) is 11.5 Å². The first-order valence-corrected chi connectivity index (χ1v) is 11.9. The number of ether oxygens (including phenoxy) is 1. The third kappa shape index (κ3) is 6.30. The van der Waals surface area contributed by atoms with Gasteiger partial charge in [-0.25, -0.2) is 0 Å². The lowest BCUT2D eigenvalue weighted by Gasteiger charge is -2.12. The van der Waals surface area contributed by atoms with E-state index in [1.165, 1.54) is 11.8 Å². The standard InChI is InChI=1S/C27H25N3O4S/c1-3-33-24-16-21(11-12-23(24)31)17-28-29-27-30(18-22-10-7-13-34-22)26(32)25(35-27)15-19(2)14-20-8-5-4-6-9-20/h4-17,31H,3,18H2,1-2H3/b19-14+,25-15-,28-17-,29-27+. The number of nitrogens with zero attached hydrogens (tertiary/aromatic N) is 3. The molecule has 1 fully saturated rings. The molecule has 0 bridgehead atoms. The molecule has 1 aliphatic rings. The van der Waals surface area contributed by atoms with Gasteiger partial charge >= 0.3 is 0 Å². The number of aromatic hydroxyl groups is 1. The fourth-order valence-electron chi connectivity index (χ4n) is 3.37. The summed E-state index contributed by atoms with van der Waals surface area (Å²) in [7, 11) is 0. The van der Waals surface area contributed by atoms with Crippen molar-refractivity contribution in [1.82, 2.24) is 4.90 Å². The van der Waals surface area contributed by atoms with Crippen LogP contribution in [0.3, 0.4) is 0 Å². The van der Waals surface area contributed by atoms with Crippen molar-refractivity contribution in [3.63, 3.8) is 0 Å². The molecule has 2 aromatic carbocycles. The summed E-state index contributed by atoms with van der Waals surface area (Å²) in [5.41, 5.74) is 2.71. The van der Waals surface area contributed by atoms with Crippen LogP contribution in [0, 0.1) is 0 Å². The SMILES string of the molecule is CCOc1cc(/C=N\N=C2\S/C(=C\C(C)=C\c3ccccc3)C(=O)N2Cc2ccco2)ccc1O. The Morgan fingerprint density at radius 3 is 2.71 bits per heavy atom. The Labute approximate surface area is 208 Å². The highest BCUT2D eigenvalue weighted by atomic mass is 32.2. The Morgan fingerprint density at radius 2 is 1.97 bits per heavy atom. The first-order valence-electron chi connectivity index (χ1n) is 11.1. The highest BCUT2D eigenvalue weighted by Crippen LogP contribution is 2.33. The van der Waals surface area contributed by atoms with Crippen molar-refractivity contribution >= 4 is 35.1 Å². The summed E-state index contributed by atoms with van der Waals surface area (Å²) in [5, 5.41) is 18.8. The van der Waals surface area contributed by atoms with Gasteiger partial charge in [-0.15, -0.1) is 5.10 Å². The molecule has 0 spiro atoms. The highest BCUT2D eigenvalue weighted by Gasteiger charge is 2.34. The normalized spacial score (nSPS) is 16.7. The van der Waals surface area contributed by atoms with Crippen LogP contribution in [0.15, 0.2) is 98.1 Å². The lowest BCUT2D eigenvalue weighted by atomic mass is 10.1. The maximum Gasteiger partial charge on any atom is 0.267 e. The van der Waals surface area contributed by atoms with Crippen molar-refractivity contribution in [3.05, 3.63) is 100 Å². The zero-order chi connectivity index (χ0) is 24.6. The highest BCUT2D eigenvalue weighted by molar-refractivity contribution is 8.18. The maximum atomic E-state index is 13.2. The van der Waals surface area contributed by atoms with Gasteiger partial charge < -0.3 is 14.3 Å². The minimum absolute atomic E-state index is 0.0607. The van der Waals surface area contributed by atoms with E-state index in [1.807, 2.05) is 62.4 Å². The number of hydrogen-bond acceptors (Lipinski definition) is 7. The molecule has 8 heteroatoms. The van der Waals surface area contributed by atoms with E-state index in [0.29, 0.717) is 33.8 Å². The smallest absolute Gasteiger partial charge is 0.267 e. The van der Waals surface area contributed by atoms with E-state index in [-0.39, 0.29) is 18.2 Å². The average Bonchev–Trinajstić information content (AvgIpc) is 3.46. The van der Waals surface area contributed by atoms with Gasteiger partial charge in [-0.3, -0.25) is 9.69 Å². The molecule has 0 radical (unpaired) electrons. The molecule has 0 saturated carbocycles. The van der Waals surface area contributed by atoms with E-state index < -0.39 is 0 Å². The number of hydrogen-bond donors (Lipinski definition) is 1. The van der Waals surface area contributed by atoms with Crippen LogP contribution >= 0.6 is 11.8 Å². The number of benzene rings is 2. The summed E-state index contributed by atoms with van der Waals surface area (Å²) in [6.07, 6.45) is 7.00. The van der Waals surface area contributed by atoms with Gasteiger partial charge in [0.15, 0.2) is 16.7 Å². The summed E-state index contributed by atoms with van der Waals surface area (Å²) in [6.45, 7) is 4.48. The van der Waals surface area contributed by atoms with E-state index >= 15 is 0 Å². The van der Waals surface area contributed by atoms with Crippen LogP contribution < -0.4 is 4.74 Å². The molecule has 1 amide bonds. The second-order valence-electron chi connectivity index (χ2n) is 7.67. The van der Waals surface area contributed by atoms with E-state index in [4.69, 9.17) is 9.15 Å². The summed E-state index contributed by atoms with van der Waals surface area (Å²) >= 11 is 1.26. The predicted octanol–water partition coefficient (Wildman–Crippen LogP) is 5.84. The number of phenolic OH excluding ortho intramolecular Hbond substituents is 1. The molecule has 1 saturated heterocycles. The number of amidine groups is 1. The van der Waals surface area contributed by atoms with E-state index in [9.17, 15) is 9.90 Å². The molecule has 3 aromatic rings. The van der Waals surface area contributed by atoms with Gasteiger partial charge in [-0.2, -0.15) is 5.10 Å². The van der Waals surface area contributed by atoms with Crippen molar-refractivity contribution in [2.75, 3.05) is 6.61 Å². The van der Waals surface area contributed by atoms with Gasteiger partial charge in [0.05, 0.1) is 30.5 Å². The molecule has 1 aliphatic heterocycles. The molecular weight excluding hydrogens is 462 g/mol. The Morgan fingerprint density at radius 1 is 1.14 bits per heavy atom. The Balaban J connectivity index is 1.59. The number of carbonyl (C=O) groups excluding carboxylic acids is 1. The zero-order valence-corrected chi connectivity index (χ0v) is 20.2. The first kappa shape index (κ1) is 24.1. The van der Waals surface area contributed by atoms with Crippen LogP contribution in [0.2, 0.25) is 0 Å². The van der Waals surface area contributed by atoms with Crippen molar-refractivity contribution in [3.8, 4) is 11.5 Å². The molecule has 1 N–H and O–H groups in total.